The molecule has 0 aliphatic heterocycles. The molecule has 1 heterocycles. The molecule has 1 aromatic heterocycles. The molecule has 0 unspecified atom stereocenters. The Morgan fingerprint density at radius 3 is 2.84 bits per heavy atom. The van der Waals surface area contributed by atoms with E-state index in [0.29, 0.717) is 0 Å². The van der Waals surface area contributed by atoms with Crippen molar-refractivity contribution in [2.45, 2.75) is 52.5 Å². The van der Waals surface area contributed by atoms with Crippen molar-refractivity contribution in [3.8, 4) is 0 Å². The van der Waals surface area contributed by atoms with Crippen LogP contribution in [0, 0.1) is 18.8 Å². The van der Waals surface area contributed by atoms with Gasteiger partial charge in [-0.2, -0.15) is 0 Å². The van der Waals surface area contributed by atoms with Gasteiger partial charge in [0, 0.05) is 19.3 Å². The number of aromatic nitrogens is 2. The highest BCUT2D eigenvalue weighted by atomic mass is 15.2. The molecular formula is C16H27N3. The highest BCUT2D eigenvalue weighted by Crippen LogP contribution is 2.30. The molecule has 0 bridgehead atoms. The largest absolute Gasteiger partial charge is 0.356 e. The van der Waals surface area contributed by atoms with Gasteiger partial charge < -0.3 is 9.88 Å². The fourth-order valence-electron chi connectivity index (χ4n) is 2.97. The van der Waals surface area contributed by atoms with Gasteiger partial charge in [-0.25, -0.2) is 4.98 Å². The molecule has 1 aliphatic carbocycles. The van der Waals surface area contributed by atoms with E-state index in [1.807, 2.05) is 13.0 Å². The Hall–Kier alpha value is -1.25. The number of imidazole rings is 1. The summed E-state index contributed by atoms with van der Waals surface area (Å²) in [5.74, 6) is 2.84. The minimum absolute atomic E-state index is 0.824. The average molecular weight is 261 g/mol. The van der Waals surface area contributed by atoms with Gasteiger partial charge in [-0.1, -0.05) is 38.7 Å². The Bertz CT molecular complexity index is 400. The summed E-state index contributed by atoms with van der Waals surface area (Å²) in [5.41, 5.74) is 1.07. The van der Waals surface area contributed by atoms with Crippen LogP contribution in [0.1, 0.15) is 44.7 Å². The summed E-state index contributed by atoms with van der Waals surface area (Å²) in [6.07, 6.45) is 10.9. The molecular weight excluding hydrogens is 234 g/mol. The van der Waals surface area contributed by atoms with Crippen LogP contribution in [0.3, 0.4) is 0 Å². The minimum Gasteiger partial charge on any atom is -0.356 e. The number of nitrogens with one attached hydrogen (secondary N) is 1. The lowest BCUT2D eigenvalue weighted by Crippen LogP contribution is -2.17. The molecule has 0 amide bonds. The highest BCUT2D eigenvalue weighted by molar-refractivity contribution is 5.29. The second-order valence-electron chi connectivity index (χ2n) is 5.99. The van der Waals surface area contributed by atoms with Gasteiger partial charge in [0.1, 0.15) is 0 Å². The van der Waals surface area contributed by atoms with Crippen molar-refractivity contribution in [1.29, 1.82) is 0 Å². The molecule has 1 N–H and O–H groups in total. The molecule has 3 heteroatoms. The quantitative estimate of drug-likeness (QED) is 0.784. The number of allylic oxidation sites excluding steroid dienone is 1. The van der Waals surface area contributed by atoms with E-state index in [-0.39, 0.29) is 0 Å². The predicted octanol–water partition coefficient (Wildman–Crippen LogP) is 4.01. The first kappa shape index (κ1) is 14.2. The smallest absolute Gasteiger partial charge is 0.203 e. The SMILES string of the molecule is C=CCn1cc(C)nc1NCCC1CCC(C)CC1. The van der Waals surface area contributed by atoms with Crippen LogP contribution in [0.5, 0.6) is 0 Å². The Morgan fingerprint density at radius 2 is 2.16 bits per heavy atom. The van der Waals surface area contributed by atoms with E-state index in [1.165, 1.54) is 32.1 Å². The highest BCUT2D eigenvalue weighted by Gasteiger charge is 2.17. The maximum atomic E-state index is 4.53. The van der Waals surface area contributed by atoms with Crippen molar-refractivity contribution < 1.29 is 0 Å². The molecule has 0 spiro atoms. The van der Waals surface area contributed by atoms with E-state index in [0.717, 1.165) is 36.6 Å². The Morgan fingerprint density at radius 1 is 1.42 bits per heavy atom. The monoisotopic (exact) mass is 261 g/mol. The summed E-state index contributed by atoms with van der Waals surface area (Å²) in [5, 5.41) is 3.48. The number of rotatable bonds is 6. The van der Waals surface area contributed by atoms with Crippen LogP contribution in [0.2, 0.25) is 0 Å². The molecule has 3 nitrogen and oxygen atoms in total. The third kappa shape index (κ3) is 4.12. The molecule has 19 heavy (non-hydrogen) atoms. The van der Waals surface area contributed by atoms with Gasteiger partial charge in [0.2, 0.25) is 5.95 Å². The van der Waals surface area contributed by atoms with Crippen LogP contribution in [0.25, 0.3) is 0 Å². The maximum absolute atomic E-state index is 4.53. The number of hydrogen-bond donors (Lipinski definition) is 1. The number of hydrogen-bond acceptors (Lipinski definition) is 2. The van der Waals surface area contributed by atoms with Crippen molar-refractivity contribution in [3.05, 3.63) is 24.5 Å². The zero-order valence-electron chi connectivity index (χ0n) is 12.4. The van der Waals surface area contributed by atoms with Crippen LogP contribution in [-0.4, -0.2) is 16.1 Å². The summed E-state index contributed by atoms with van der Waals surface area (Å²) >= 11 is 0. The number of anilines is 1. The molecule has 0 aromatic carbocycles. The summed E-state index contributed by atoms with van der Waals surface area (Å²) in [6, 6.07) is 0. The van der Waals surface area contributed by atoms with E-state index in [1.54, 1.807) is 0 Å². The first-order valence-electron chi connectivity index (χ1n) is 7.57. The zero-order valence-corrected chi connectivity index (χ0v) is 12.4. The fourth-order valence-corrected chi connectivity index (χ4v) is 2.97. The Labute approximate surface area is 117 Å². The first-order chi connectivity index (χ1) is 9.19. The van der Waals surface area contributed by atoms with Crippen molar-refractivity contribution in [2.24, 2.45) is 11.8 Å². The van der Waals surface area contributed by atoms with Gasteiger partial charge in [-0.15, -0.1) is 6.58 Å². The molecule has 106 valence electrons. The second-order valence-corrected chi connectivity index (χ2v) is 5.99. The summed E-state index contributed by atoms with van der Waals surface area (Å²) in [6.45, 7) is 10.1. The number of aryl methyl sites for hydroxylation is 1. The molecule has 0 atom stereocenters. The van der Waals surface area contributed by atoms with Gasteiger partial charge in [-0.05, 0) is 25.2 Å². The lowest BCUT2D eigenvalue weighted by atomic mass is 9.81. The molecule has 1 fully saturated rings. The van der Waals surface area contributed by atoms with Crippen molar-refractivity contribution in [2.75, 3.05) is 11.9 Å². The fraction of sp³-hybridized carbons (Fsp3) is 0.688. The Balaban J connectivity index is 1.77. The topological polar surface area (TPSA) is 29.9 Å². The lowest BCUT2D eigenvalue weighted by molar-refractivity contribution is 0.281. The van der Waals surface area contributed by atoms with Crippen LogP contribution >= 0.6 is 0 Å². The first-order valence-corrected chi connectivity index (χ1v) is 7.57. The maximum Gasteiger partial charge on any atom is 0.203 e. The van der Waals surface area contributed by atoms with Crippen LogP contribution in [-0.2, 0) is 6.54 Å². The van der Waals surface area contributed by atoms with E-state index in [9.17, 15) is 0 Å². The van der Waals surface area contributed by atoms with Gasteiger partial charge in [0.05, 0.1) is 5.69 Å². The molecule has 1 aliphatic rings. The third-order valence-electron chi connectivity index (χ3n) is 4.19. The predicted molar refractivity (Wildman–Crippen MR) is 81.4 cm³/mol. The number of nitrogens with zero attached hydrogens (tertiary/aromatic N) is 2. The summed E-state index contributed by atoms with van der Waals surface area (Å²) in [7, 11) is 0. The lowest BCUT2D eigenvalue weighted by Gasteiger charge is -2.26. The molecule has 0 saturated heterocycles. The second kappa shape index (κ2) is 6.78. The van der Waals surface area contributed by atoms with E-state index >= 15 is 0 Å². The minimum atomic E-state index is 0.824. The van der Waals surface area contributed by atoms with Crippen LogP contribution in [0.15, 0.2) is 18.9 Å². The summed E-state index contributed by atoms with van der Waals surface area (Å²) < 4.78 is 2.13. The normalized spacial score (nSPS) is 23.3. The Kier molecular flexibility index (Phi) is 5.06. The molecule has 0 radical (unpaired) electrons. The van der Waals surface area contributed by atoms with Gasteiger partial charge in [-0.3, -0.25) is 0 Å². The van der Waals surface area contributed by atoms with E-state index in [4.69, 9.17) is 0 Å². The van der Waals surface area contributed by atoms with Crippen LogP contribution in [0.4, 0.5) is 5.95 Å². The van der Waals surface area contributed by atoms with Gasteiger partial charge in [0.15, 0.2) is 0 Å². The van der Waals surface area contributed by atoms with Crippen LogP contribution < -0.4 is 5.32 Å². The van der Waals surface area contributed by atoms with Crippen molar-refractivity contribution in [1.82, 2.24) is 9.55 Å². The van der Waals surface area contributed by atoms with Gasteiger partial charge >= 0.3 is 0 Å². The van der Waals surface area contributed by atoms with E-state index < -0.39 is 0 Å². The standard InChI is InChI=1S/C16H27N3/c1-4-11-19-12-14(3)18-16(19)17-10-9-15-7-5-13(2)6-8-15/h4,12-13,15H,1,5-11H2,2-3H3,(H,17,18). The third-order valence-corrected chi connectivity index (χ3v) is 4.19. The molecule has 1 saturated carbocycles. The van der Waals surface area contributed by atoms with Crippen molar-refractivity contribution in [3.63, 3.8) is 0 Å². The summed E-state index contributed by atoms with van der Waals surface area (Å²) in [4.78, 5) is 4.53. The van der Waals surface area contributed by atoms with Gasteiger partial charge in [0.25, 0.3) is 0 Å². The van der Waals surface area contributed by atoms with E-state index in [2.05, 4.69) is 34.6 Å². The van der Waals surface area contributed by atoms with Crippen molar-refractivity contribution >= 4 is 5.95 Å². The zero-order chi connectivity index (χ0) is 13.7. The average Bonchev–Trinajstić information content (AvgIpc) is 2.73. The molecule has 1 aromatic rings. The molecule has 2 rings (SSSR count).